The van der Waals surface area contributed by atoms with Gasteiger partial charge in [-0.3, -0.25) is 4.79 Å². The van der Waals surface area contributed by atoms with Crippen molar-refractivity contribution < 1.29 is 9.90 Å². The van der Waals surface area contributed by atoms with E-state index in [0.717, 1.165) is 36.9 Å². The van der Waals surface area contributed by atoms with Gasteiger partial charge in [0.25, 0.3) is 0 Å². The molecule has 4 heteroatoms. The third-order valence-electron chi connectivity index (χ3n) is 3.84. The van der Waals surface area contributed by atoms with Crippen LogP contribution >= 0.6 is 0 Å². The highest BCUT2D eigenvalue weighted by atomic mass is 16.3. The molecule has 104 valence electrons. The molecule has 0 aliphatic carbocycles. The predicted molar refractivity (Wildman–Crippen MR) is 74.5 cm³/mol. The molecule has 1 atom stereocenters. The third-order valence-corrected chi connectivity index (χ3v) is 3.84. The number of likely N-dealkylation sites (tertiary alicyclic amines) is 1. The van der Waals surface area contributed by atoms with Crippen molar-refractivity contribution in [2.24, 2.45) is 5.73 Å². The van der Waals surface area contributed by atoms with Gasteiger partial charge in [-0.25, -0.2) is 0 Å². The lowest BCUT2D eigenvalue weighted by atomic mass is 9.99. The van der Waals surface area contributed by atoms with E-state index in [9.17, 15) is 9.90 Å². The van der Waals surface area contributed by atoms with E-state index in [2.05, 4.69) is 0 Å². The van der Waals surface area contributed by atoms with Crippen LogP contribution in [0.25, 0.3) is 0 Å². The number of aliphatic hydroxyl groups is 1. The molecule has 1 aliphatic heterocycles. The Morgan fingerprint density at radius 1 is 1.32 bits per heavy atom. The maximum Gasteiger partial charge on any atom is 0.227 e. The van der Waals surface area contributed by atoms with Crippen molar-refractivity contribution in [2.45, 2.75) is 38.3 Å². The van der Waals surface area contributed by atoms with E-state index in [-0.39, 0.29) is 18.6 Å². The van der Waals surface area contributed by atoms with Gasteiger partial charge in [0.1, 0.15) is 0 Å². The monoisotopic (exact) mass is 262 g/mol. The van der Waals surface area contributed by atoms with Gasteiger partial charge in [-0.2, -0.15) is 0 Å². The summed E-state index contributed by atoms with van der Waals surface area (Å²) in [6.07, 6.45) is 3.40. The molecule has 4 nitrogen and oxygen atoms in total. The van der Waals surface area contributed by atoms with Crippen LogP contribution in [0.15, 0.2) is 24.3 Å². The first-order chi connectivity index (χ1) is 9.26. The maximum absolute atomic E-state index is 12.4. The third kappa shape index (κ3) is 3.33. The summed E-state index contributed by atoms with van der Waals surface area (Å²) >= 11 is 0. The van der Waals surface area contributed by atoms with Crippen molar-refractivity contribution >= 4 is 5.91 Å². The van der Waals surface area contributed by atoms with Crippen LogP contribution in [0.4, 0.5) is 0 Å². The van der Waals surface area contributed by atoms with Crippen molar-refractivity contribution in [3.8, 4) is 0 Å². The molecule has 1 aliphatic rings. The molecule has 0 bridgehead atoms. The molecule has 1 saturated heterocycles. The fraction of sp³-hybridized carbons (Fsp3) is 0.533. The molecule has 1 unspecified atom stereocenters. The standard InChI is InChI=1S/C15H22N2O2/c16-10-13-6-2-1-5-12(13)9-15(19)17-8-4-3-7-14(17)11-18/h1-2,5-6,14,18H,3-4,7-11,16H2. The zero-order chi connectivity index (χ0) is 13.7. The van der Waals surface area contributed by atoms with E-state index in [4.69, 9.17) is 5.73 Å². The van der Waals surface area contributed by atoms with E-state index in [1.54, 1.807) is 0 Å². The number of hydrogen-bond acceptors (Lipinski definition) is 3. The second-order valence-corrected chi connectivity index (χ2v) is 5.07. The number of amides is 1. The fourth-order valence-electron chi connectivity index (χ4n) is 2.71. The Hall–Kier alpha value is -1.39. The molecule has 1 heterocycles. The summed E-state index contributed by atoms with van der Waals surface area (Å²) in [5.74, 6) is 0.0969. The minimum atomic E-state index is -0.00807. The Labute approximate surface area is 114 Å². The highest BCUT2D eigenvalue weighted by Gasteiger charge is 2.26. The van der Waals surface area contributed by atoms with Crippen LogP contribution in [-0.2, 0) is 17.8 Å². The normalized spacial score (nSPS) is 19.5. The average Bonchev–Trinajstić information content (AvgIpc) is 2.47. The molecule has 0 aromatic heterocycles. The Bertz CT molecular complexity index is 434. The number of benzene rings is 1. The smallest absolute Gasteiger partial charge is 0.227 e. The molecule has 2 rings (SSSR count). The lowest BCUT2D eigenvalue weighted by Crippen LogP contribution is -2.46. The highest BCUT2D eigenvalue weighted by Crippen LogP contribution is 2.19. The number of carbonyl (C=O) groups is 1. The van der Waals surface area contributed by atoms with Crippen LogP contribution in [0.3, 0.4) is 0 Å². The zero-order valence-electron chi connectivity index (χ0n) is 11.2. The van der Waals surface area contributed by atoms with Crippen molar-refractivity contribution in [3.63, 3.8) is 0 Å². The highest BCUT2D eigenvalue weighted by molar-refractivity contribution is 5.79. The largest absolute Gasteiger partial charge is 0.394 e. The van der Waals surface area contributed by atoms with Crippen molar-refractivity contribution in [1.29, 1.82) is 0 Å². The van der Waals surface area contributed by atoms with Crippen LogP contribution in [0.5, 0.6) is 0 Å². The summed E-state index contributed by atoms with van der Waals surface area (Å²) in [6.45, 7) is 1.27. The second-order valence-electron chi connectivity index (χ2n) is 5.07. The number of nitrogens with zero attached hydrogens (tertiary/aromatic N) is 1. The van der Waals surface area contributed by atoms with Crippen molar-refractivity contribution in [2.75, 3.05) is 13.2 Å². The molecule has 19 heavy (non-hydrogen) atoms. The van der Waals surface area contributed by atoms with E-state index < -0.39 is 0 Å². The molecule has 0 spiro atoms. The van der Waals surface area contributed by atoms with Crippen LogP contribution in [0.2, 0.25) is 0 Å². The molecule has 0 saturated carbocycles. The van der Waals surface area contributed by atoms with E-state index >= 15 is 0 Å². The van der Waals surface area contributed by atoms with E-state index in [0.29, 0.717) is 13.0 Å². The van der Waals surface area contributed by atoms with Crippen molar-refractivity contribution in [3.05, 3.63) is 35.4 Å². The summed E-state index contributed by atoms with van der Waals surface area (Å²) in [7, 11) is 0. The average molecular weight is 262 g/mol. The van der Waals surface area contributed by atoms with Gasteiger partial charge in [-0.05, 0) is 30.4 Å². The molecule has 1 aromatic carbocycles. The Kier molecular flexibility index (Phi) is 4.93. The number of carbonyl (C=O) groups excluding carboxylic acids is 1. The van der Waals surface area contributed by atoms with Gasteiger partial charge in [-0.15, -0.1) is 0 Å². The molecular formula is C15H22N2O2. The zero-order valence-corrected chi connectivity index (χ0v) is 11.2. The quantitative estimate of drug-likeness (QED) is 0.852. The van der Waals surface area contributed by atoms with Crippen LogP contribution in [0.1, 0.15) is 30.4 Å². The first-order valence-corrected chi connectivity index (χ1v) is 6.93. The minimum Gasteiger partial charge on any atom is -0.394 e. The first kappa shape index (κ1) is 14.0. The van der Waals surface area contributed by atoms with Gasteiger partial charge < -0.3 is 15.7 Å². The number of nitrogens with two attached hydrogens (primary N) is 1. The van der Waals surface area contributed by atoms with E-state index in [1.165, 1.54) is 0 Å². The second kappa shape index (κ2) is 6.68. The van der Waals surface area contributed by atoms with Gasteiger partial charge in [0.05, 0.1) is 19.1 Å². The van der Waals surface area contributed by atoms with Crippen molar-refractivity contribution in [1.82, 2.24) is 4.90 Å². The molecule has 3 N–H and O–H groups in total. The summed E-state index contributed by atoms with van der Waals surface area (Å²) < 4.78 is 0. The summed E-state index contributed by atoms with van der Waals surface area (Å²) in [6, 6.07) is 7.78. The maximum atomic E-state index is 12.4. The summed E-state index contributed by atoms with van der Waals surface area (Å²) in [5, 5.41) is 9.36. The van der Waals surface area contributed by atoms with Gasteiger partial charge in [0.2, 0.25) is 5.91 Å². The minimum absolute atomic E-state index is 0.00807. The van der Waals surface area contributed by atoms with Gasteiger partial charge >= 0.3 is 0 Å². The van der Waals surface area contributed by atoms with Gasteiger partial charge in [0, 0.05) is 13.1 Å². The SMILES string of the molecule is NCc1ccccc1CC(=O)N1CCCCC1CO. The summed E-state index contributed by atoms with van der Waals surface area (Å²) in [5.41, 5.74) is 7.71. The number of hydrogen-bond donors (Lipinski definition) is 2. The first-order valence-electron chi connectivity index (χ1n) is 6.93. The van der Waals surface area contributed by atoms with Crippen LogP contribution in [0, 0.1) is 0 Å². The van der Waals surface area contributed by atoms with Gasteiger partial charge in [0.15, 0.2) is 0 Å². The molecular weight excluding hydrogens is 240 g/mol. The molecule has 1 amide bonds. The fourth-order valence-corrected chi connectivity index (χ4v) is 2.71. The van der Waals surface area contributed by atoms with Crippen LogP contribution < -0.4 is 5.73 Å². The Morgan fingerprint density at radius 3 is 2.74 bits per heavy atom. The molecule has 1 aromatic rings. The van der Waals surface area contributed by atoms with Crippen LogP contribution in [-0.4, -0.2) is 35.1 Å². The predicted octanol–water partition coefficient (Wildman–Crippen LogP) is 1.06. The molecule has 0 radical (unpaired) electrons. The molecule has 1 fully saturated rings. The Morgan fingerprint density at radius 2 is 2.05 bits per heavy atom. The van der Waals surface area contributed by atoms with E-state index in [1.807, 2.05) is 29.2 Å². The lowest BCUT2D eigenvalue weighted by Gasteiger charge is -2.34. The summed E-state index contributed by atoms with van der Waals surface area (Å²) in [4.78, 5) is 14.2. The lowest BCUT2D eigenvalue weighted by molar-refractivity contribution is -0.135. The number of piperidine rings is 1. The number of rotatable bonds is 4. The number of aliphatic hydroxyl groups excluding tert-OH is 1. The van der Waals surface area contributed by atoms with Gasteiger partial charge in [-0.1, -0.05) is 24.3 Å². The topological polar surface area (TPSA) is 66.6 Å². The Balaban J connectivity index is 2.07.